The fourth-order valence-electron chi connectivity index (χ4n) is 0.777. The molecule has 0 amide bonds. The largest absolute Gasteiger partial charge is 0.228 e. The lowest BCUT2D eigenvalue weighted by Gasteiger charge is -2.25. The molecule has 0 aliphatic carbocycles. The van der Waals surface area contributed by atoms with Crippen LogP contribution in [0.2, 0.25) is 0 Å². The molecular weight excluding hydrogens is 285 g/mol. The Bertz CT molecular complexity index is 399. The van der Waals surface area contributed by atoms with Gasteiger partial charge in [-0.1, -0.05) is 0 Å². The van der Waals surface area contributed by atoms with Crippen LogP contribution < -0.4 is 4.72 Å². The van der Waals surface area contributed by atoms with Gasteiger partial charge in [0.2, 0.25) is 10.0 Å². The van der Waals surface area contributed by atoms with Crippen molar-refractivity contribution >= 4 is 43.1 Å². The van der Waals surface area contributed by atoms with Gasteiger partial charge >= 0.3 is 0 Å². The van der Waals surface area contributed by atoms with E-state index in [0.717, 1.165) is 6.26 Å². The fourth-order valence-corrected chi connectivity index (χ4v) is 4.74. The second kappa shape index (κ2) is 5.18. The van der Waals surface area contributed by atoms with Crippen molar-refractivity contribution in [2.45, 2.75) is 12.5 Å². The molecule has 0 atom stereocenters. The van der Waals surface area contributed by atoms with Crippen LogP contribution in [0.1, 0.15) is 6.92 Å². The van der Waals surface area contributed by atoms with E-state index in [2.05, 4.69) is 4.72 Å². The molecule has 9 heteroatoms. The Balaban J connectivity index is 4.80. The molecule has 0 aromatic carbocycles. The zero-order chi connectivity index (χ0) is 12.3. The van der Waals surface area contributed by atoms with E-state index >= 15 is 0 Å². The lowest BCUT2D eigenvalue weighted by atomic mass is 10.1. The fraction of sp³-hybridized carbons (Fsp3) is 1.00. The van der Waals surface area contributed by atoms with Crippen LogP contribution in [0.15, 0.2) is 0 Å². The summed E-state index contributed by atoms with van der Waals surface area (Å²) in [6.07, 6.45) is 0.838. The van der Waals surface area contributed by atoms with E-state index in [4.69, 9.17) is 23.2 Å². The van der Waals surface area contributed by atoms with Crippen molar-refractivity contribution in [2.24, 2.45) is 0 Å². The molecule has 15 heavy (non-hydrogen) atoms. The van der Waals surface area contributed by atoms with E-state index in [1.807, 2.05) is 0 Å². The minimum atomic E-state index is -3.93. The molecule has 0 radical (unpaired) electrons. The van der Waals surface area contributed by atoms with Crippen LogP contribution in [0.5, 0.6) is 0 Å². The number of rotatable bonds is 6. The van der Waals surface area contributed by atoms with Crippen LogP contribution in [0.4, 0.5) is 0 Å². The Labute approximate surface area is 100 Å². The van der Waals surface area contributed by atoms with Gasteiger partial charge in [0.05, 0.1) is 5.54 Å². The van der Waals surface area contributed by atoms with Gasteiger partial charge in [-0.2, -0.15) is 0 Å². The Hall–Kier alpha value is 0.440. The minimum absolute atomic E-state index is 0.0422. The normalized spacial score (nSPS) is 14.1. The van der Waals surface area contributed by atoms with Crippen LogP contribution in [0, 0.1) is 0 Å². The SMILES string of the molecule is CC(CCl)(CCl)NS(=O)(=O)CS(C)(=O)=O. The summed E-state index contributed by atoms with van der Waals surface area (Å²) in [5.41, 5.74) is -1.04. The minimum Gasteiger partial charge on any atom is -0.228 e. The average Bonchev–Trinajstić information content (AvgIpc) is 1.98. The van der Waals surface area contributed by atoms with E-state index in [1.54, 1.807) is 0 Å². The summed E-state index contributed by atoms with van der Waals surface area (Å²) < 4.78 is 46.5. The number of alkyl halides is 2. The molecule has 0 aromatic heterocycles. The third-order valence-corrected chi connectivity index (χ3v) is 6.30. The van der Waals surface area contributed by atoms with Crippen LogP contribution in [0.3, 0.4) is 0 Å². The molecule has 0 saturated carbocycles. The lowest BCUT2D eigenvalue weighted by Crippen LogP contribution is -2.50. The number of sulfonamides is 1. The maximum atomic E-state index is 11.4. The highest BCUT2D eigenvalue weighted by atomic mass is 35.5. The van der Waals surface area contributed by atoms with Crippen molar-refractivity contribution in [2.75, 3.05) is 23.1 Å². The van der Waals surface area contributed by atoms with Gasteiger partial charge in [-0.15, -0.1) is 23.2 Å². The van der Waals surface area contributed by atoms with Crippen molar-refractivity contribution in [1.82, 2.24) is 4.72 Å². The lowest BCUT2D eigenvalue weighted by molar-refractivity contribution is 0.502. The monoisotopic (exact) mass is 297 g/mol. The summed E-state index contributed by atoms with van der Waals surface area (Å²) in [4.78, 5) is 0. The van der Waals surface area contributed by atoms with Crippen molar-refractivity contribution in [3.8, 4) is 0 Å². The number of halogens is 2. The topological polar surface area (TPSA) is 80.3 Å². The van der Waals surface area contributed by atoms with Gasteiger partial charge in [0.15, 0.2) is 14.9 Å². The molecule has 0 saturated heterocycles. The van der Waals surface area contributed by atoms with E-state index in [9.17, 15) is 16.8 Å². The number of hydrogen-bond donors (Lipinski definition) is 1. The second-order valence-corrected chi connectivity index (χ2v) is 8.35. The molecule has 1 N–H and O–H groups in total. The Morgan fingerprint density at radius 2 is 1.53 bits per heavy atom. The molecule has 0 spiro atoms. The van der Waals surface area contributed by atoms with E-state index in [-0.39, 0.29) is 11.8 Å². The maximum absolute atomic E-state index is 11.4. The molecule has 0 fully saturated rings. The predicted octanol–water partition coefficient (Wildman–Crippen LogP) is 0.144. The summed E-state index contributed by atoms with van der Waals surface area (Å²) in [5.74, 6) is -0.0843. The molecule has 0 bridgehead atoms. The zero-order valence-corrected chi connectivity index (χ0v) is 11.5. The summed E-state index contributed by atoms with van der Waals surface area (Å²) in [6.45, 7) is 1.49. The van der Waals surface area contributed by atoms with E-state index in [1.165, 1.54) is 6.92 Å². The highest BCUT2D eigenvalue weighted by Crippen LogP contribution is 2.11. The highest BCUT2D eigenvalue weighted by molar-refractivity contribution is 8.06. The smallest absolute Gasteiger partial charge is 0.226 e. The molecule has 92 valence electrons. The van der Waals surface area contributed by atoms with Crippen molar-refractivity contribution in [3.05, 3.63) is 0 Å². The van der Waals surface area contributed by atoms with Crippen molar-refractivity contribution in [3.63, 3.8) is 0 Å². The Morgan fingerprint density at radius 3 is 1.80 bits per heavy atom. The van der Waals surface area contributed by atoms with Gasteiger partial charge in [0, 0.05) is 18.0 Å². The number of hydrogen-bond acceptors (Lipinski definition) is 4. The summed E-state index contributed by atoms with van der Waals surface area (Å²) in [7, 11) is -7.54. The van der Waals surface area contributed by atoms with Crippen molar-refractivity contribution in [1.29, 1.82) is 0 Å². The first-order valence-electron chi connectivity index (χ1n) is 3.85. The molecule has 5 nitrogen and oxygen atoms in total. The van der Waals surface area contributed by atoms with Crippen molar-refractivity contribution < 1.29 is 16.8 Å². The quantitative estimate of drug-likeness (QED) is 0.708. The summed E-state index contributed by atoms with van der Waals surface area (Å²) >= 11 is 11.1. The standard InChI is InChI=1S/C6H13Cl2NO4S2/c1-6(3-7,4-8)9-15(12,13)5-14(2,10)11/h9H,3-5H2,1-2H3. The third kappa shape index (κ3) is 6.57. The van der Waals surface area contributed by atoms with Gasteiger partial charge in [0.25, 0.3) is 0 Å². The molecule has 0 aliphatic heterocycles. The first kappa shape index (κ1) is 15.4. The van der Waals surface area contributed by atoms with Gasteiger partial charge in [0.1, 0.15) is 0 Å². The third-order valence-electron chi connectivity index (χ3n) is 1.36. The Morgan fingerprint density at radius 1 is 1.13 bits per heavy atom. The second-order valence-electron chi connectivity index (χ2n) is 3.59. The Kier molecular flexibility index (Phi) is 5.33. The van der Waals surface area contributed by atoms with Gasteiger partial charge < -0.3 is 0 Å². The molecule has 0 aliphatic rings. The number of nitrogens with one attached hydrogen (secondary N) is 1. The number of sulfone groups is 1. The van der Waals surface area contributed by atoms with Gasteiger partial charge in [-0.3, -0.25) is 0 Å². The molecule has 0 heterocycles. The highest BCUT2D eigenvalue weighted by Gasteiger charge is 2.30. The first-order valence-corrected chi connectivity index (χ1v) is 8.63. The molecule has 0 aromatic rings. The van der Waals surface area contributed by atoms with Gasteiger partial charge in [-0.05, 0) is 6.92 Å². The van der Waals surface area contributed by atoms with Crippen LogP contribution in [0.25, 0.3) is 0 Å². The zero-order valence-electron chi connectivity index (χ0n) is 8.33. The summed E-state index contributed by atoms with van der Waals surface area (Å²) in [5, 5.41) is -0.969. The van der Waals surface area contributed by atoms with E-state index < -0.39 is 30.5 Å². The molecule has 0 rings (SSSR count). The average molecular weight is 298 g/mol. The first-order chi connectivity index (χ1) is 6.54. The van der Waals surface area contributed by atoms with Gasteiger partial charge in [-0.25, -0.2) is 21.6 Å². The van der Waals surface area contributed by atoms with Crippen LogP contribution in [-0.4, -0.2) is 45.5 Å². The summed E-state index contributed by atoms with van der Waals surface area (Å²) in [6, 6.07) is 0. The maximum Gasteiger partial charge on any atom is 0.226 e. The molecule has 0 unspecified atom stereocenters. The molecular formula is C6H13Cl2NO4S2. The predicted molar refractivity (Wildman–Crippen MR) is 61.6 cm³/mol. The van der Waals surface area contributed by atoms with E-state index in [0.29, 0.717) is 0 Å². The van der Waals surface area contributed by atoms with Crippen LogP contribution in [-0.2, 0) is 19.9 Å². The van der Waals surface area contributed by atoms with Crippen LogP contribution >= 0.6 is 23.2 Å².